The highest BCUT2D eigenvalue weighted by molar-refractivity contribution is 5.79. The molecule has 0 atom stereocenters. The van der Waals surface area contributed by atoms with Gasteiger partial charge >= 0.3 is 6.61 Å². The van der Waals surface area contributed by atoms with Crippen molar-refractivity contribution in [2.45, 2.75) is 39.3 Å². The van der Waals surface area contributed by atoms with Crippen LogP contribution in [0.3, 0.4) is 0 Å². The summed E-state index contributed by atoms with van der Waals surface area (Å²) in [7, 11) is 0. The minimum absolute atomic E-state index is 0.0379. The van der Waals surface area contributed by atoms with E-state index >= 15 is 0 Å². The molecule has 0 bridgehead atoms. The number of hydrogen-bond acceptors (Lipinski definition) is 3. The fraction of sp³-hybridized carbons (Fsp3) is 0.533. The van der Waals surface area contributed by atoms with Crippen LogP contribution >= 0.6 is 0 Å². The summed E-state index contributed by atoms with van der Waals surface area (Å²) in [4.78, 5) is 13.9. The van der Waals surface area contributed by atoms with Gasteiger partial charge in [-0.05, 0) is 38.0 Å². The van der Waals surface area contributed by atoms with E-state index in [0.717, 1.165) is 5.56 Å². The van der Waals surface area contributed by atoms with Gasteiger partial charge in [0.15, 0.2) is 0 Å². The van der Waals surface area contributed by atoms with Crippen molar-refractivity contribution in [3.05, 3.63) is 29.8 Å². The molecule has 0 radical (unpaired) electrons. The Morgan fingerprint density at radius 3 is 2.38 bits per heavy atom. The van der Waals surface area contributed by atoms with Gasteiger partial charge in [-0.2, -0.15) is 8.78 Å². The molecular weight excluding hydrogens is 280 g/mol. The number of amides is 1. The lowest BCUT2D eigenvalue weighted by Gasteiger charge is -2.26. The molecule has 0 fully saturated rings. The fourth-order valence-electron chi connectivity index (χ4n) is 1.98. The van der Waals surface area contributed by atoms with Crippen LogP contribution in [-0.2, 0) is 11.2 Å². The van der Waals surface area contributed by atoms with Crippen molar-refractivity contribution < 1.29 is 23.4 Å². The van der Waals surface area contributed by atoms with E-state index in [1.807, 2.05) is 13.8 Å². The number of nitrogens with zero attached hydrogens (tertiary/aromatic N) is 1. The average molecular weight is 301 g/mol. The smallest absolute Gasteiger partial charge is 0.387 e. The second kappa shape index (κ2) is 8.56. The van der Waals surface area contributed by atoms with E-state index < -0.39 is 6.61 Å². The van der Waals surface area contributed by atoms with Crippen LogP contribution in [-0.4, -0.2) is 41.7 Å². The Morgan fingerprint density at radius 2 is 1.90 bits per heavy atom. The van der Waals surface area contributed by atoms with Gasteiger partial charge < -0.3 is 14.7 Å². The number of benzene rings is 1. The molecule has 1 rings (SSSR count). The zero-order chi connectivity index (χ0) is 15.8. The highest BCUT2D eigenvalue weighted by Gasteiger charge is 2.16. The molecule has 1 amide bonds. The van der Waals surface area contributed by atoms with Gasteiger partial charge in [-0.3, -0.25) is 4.79 Å². The summed E-state index contributed by atoms with van der Waals surface area (Å²) in [5, 5.41) is 8.86. The molecule has 118 valence electrons. The largest absolute Gasteiger partial charge is 0.435 e. The summed E-state index contributed by atoms with van der Waals surface area (Å²) in [6.45, 7) is 1.51. The number of ether oxygens (including phenoxy) is 1. The zero-order valence-electron chi connectivity index (χ0n) is 12.3. The zero-order valence-corrected chi connectivity index (χ0v) is 12.3. The van der Waals surface area contributed by atoms with E-state index in [0.29, 0.717) is 13.0 Å². The maximum absolute atomic E-state index is 12.2. The highest BCUT2D eigenvalue weighted by Crippen LogP contribution is 2.16. The van der Waals surface area contributed by atoms with Gasteiger partial charge in [-0.25, -0.2) is 0 Å². The van der Waals surface area contributed by atoms with Crippen LogP contribution in [0.2, 0.25) is 0 Å². The van der Waals surface area contributed by atoms with Crippen LogP contribution < -0.4 is 4.74 Å². The number of carbonyl (C=O) groups excluding carboxylic acids is 1. The Balaban J connectivity index is 2.63. The van der Waals surface area contributed by atoms with Gasteiger partial charge in [0.2, 0.25) is 5.91 Å². The third-order valence-corrected chi connectivity index (χ3v) is 3.00. The predicted molar refractivity (Wildman–Crippen MR) is 75.3 cm³/mol. The minimum atomic E-state index is -2.85. The number of aliphatic hydroxyl groups excluding tert-OH is 1. The van der Waals surface area contributed by atoms with Crippen molar-refractivity contribution >= 4 is 5.91 Å². The second-order valence-electron chi connectivity index (χ2n) is 4.96. The molecule has 0 aliphatic heterocycles. The Kier molecular flexibility index (Phi) is 7.08. The van der Waals surface area contributed by atoms with Crippen LogP contribution in [0.5, 0.6) is 5.75 Å². The number of rotatable bonds is 8. The van der Waals surface area contributed by atoms with E-state index in [1.165, 1.54) is 12.1 Å². The molecule has 0 saturated carbocycles. The van der Waals surface area contributed by atoms with Gasteiger partial charge in [0.05, 0.1) is 6.42 Å². The first-order valence-corrected chi connectivity index (χ1v) is 6.88. The van der Waals surface area contributed by atoms with E-state index in [-0.39, 0.29) is 30.7 Å². The van der Waals surface area contributed by atoms with Gasteiger partial charge in [-0.15, -0.1) is 0 Å². The molecule has 1 aromatic rings. The van der Waals surface area contributed by atoms with Crippen LogP contribution in [0.1, 0.15) is 25.8 Å². The van der Waals surface area contributed by atoms with Gasteiger partial charge in [0.1, 0.15) is 5.75 Å². The molecule has 0 aliphatic carbocycles. The summed E-state index contributed by atoms with van der Waals surface area (Å²) < 4.78 is 28.3. The van der Waals surface area contributed by atoms with Crippen molar-refractivity contribution in [1.82, 2.24) is 4.90 Å². The quantitative estimate of drug-likeness (QED) is 0.802. The van der Waals surface area contributed by atoms with Crippen molar-refractivity contribution in [3.63, 3.8) is 0 Å². The van der Waals surface area contributed by atoms with Gasteiger partial charge in [0, 0.05) is 19.2 Å². The molecule has 1 aromatic carbocycles. The van der Waals surface area contributed by atoms with Crippen LogP contribution in [0.25, 0.3) is 0 Å². The van der Waals surface area contributed by atoms with Crippen molar-refractivity contribution in [2.24, 2.45) is 0 Å². The van der Waals surface area contributed by atoms with Crippen molar-refractivity contribution in [3.8, 4) is 5.75 Å². The van der Waals surface area contributed by atoms with Crippen molar-refractivity contribution in [2.75, 3.05) is 13.2 Å². The molecule has 6 heteroatoms. The normalized spacial score (nSPS) is 11.0. The second-order valence-corrected chi connectivity index (χ2v) is 4.96. The van der Waals surface area contributed by atoms with E-state index in [1.54, 1.807) is 17.0 Å². The lowest BCUT2D eigenvalue weighted by Crippen LogP contribution is -2.39. The molecule has 0 spiro atoms. The molecule has 21 heavy (non-hydrogen) atoms. The molecule has 0 unspecified atom stereocenters. The third kappa shape index (κ3) is 6.08. The molecular formula is C15H21F2NO3. The minimum Gasteiger partial charge on any atom is -0.435 e. The molecule has 0 saturated heterocycles. The van der Waals surface area contributed by atoms with Gasteiger partial charge in [-0.1, -0.05) is 12.1 Å². The monoisotopic (exact) mass is 301 g/mol. The third-order valence-electron chi connectivity index (χ3n) is 3.00. The van der Waals surface area contributed by atoms with Crippen LogP contribution in [0.4, 0.5) is 8.78 Å². The number of hydrogen-bond donors (Lipinski definition) is 1. The summed E-state index contributed by atoms with van der Waals surface area (Å²) in [6.07, 6.45) is 0.726. The maximum atomic E-state index is 12.2. The lowest BCUT2D eigenvalue weighted by molar-refractivity contribution is -0.132. The SMILES string of the molecule is CC(C)N(CCCO)C(=O)Cc1ccc(OC(F)F)cc1. The van der Waals surface area contributed by atoms with E-state index in [2.05, 4.69) is 4.74 Å². The van der Waals surface area contributed by atoms with Crippen LogP contribution in [0.15, 0.2) is 24.3 Å². The number of carbonyl (C=O) groups is 1. The fourth-order valence-corrected chi connectivity index (χ4v) is 1.98. The summed E-state index contributed by atoms with van der Waals surface area (Å²) >= 11 is 0. The average Bonchev–Trinajstić information content (AvgIpc) is 2.40. The van der Waals surface area contributed by atoms with E-state index in [4.69, 9.17) is 5.11 Å². The number of alkyl halides is 2. The maximum Gasteiger partial charge on any atom is 0.387 e. The van der Waals surface area contributed by atoms with Crippen molar-refractivity contribution in [1.29, 1.82) is 0 Å². The molecule has 0 heterocycles. The lowest BCUT2D eigenvalue weighted by atomic mass is 10.1. The molecule has 0 aromatic heterocycles. The topological polar surface area (TPSA) is 49.8 Å². The molecule has 4 nitrogen and oxygen atoms in total. The Hall–Kier alpha value is -1.69. The first kappa shape index (κ1) is 17.4. The molecule has 1 N–H and O–H groups in total. The Bertz CT molecular complexity index is 435. The van der Waals surface area contributed by atoms with E-state index in [9.17, 15) is 13.6 Å². The number of aliphatic hydroxyl groups is 1. The molecule has 0 aliphatic rings. The first-order valence-electron chi connectivity index (χ1n) is 6.88. The number of halogens is 2. The van der Waals surface area contributed by atoms with Gasteiger partial charge in [0.25, 0.3) is 0 Å². The summed E-state index contributed by atoms with van der Waals surface area (Å²) in [5.74, 6) is 0.0168. The highest BCUT2D eigenvalue weighted by atomic mass is 19.3. The summed E-state index contributed by atoms with van der Waals surface area (Å²) in [6, 6.07) is 6.08. The first-order chi connectivity index (χ1) is 9.93. The summed E-state index contributed by atoms with van der Waals surface area (Å²) in [5.41, 5.74) is 0.733. The Labute approximate surface area is 123 Å². The van der Waals surface area contributed by atoms with Crippen LogP contribution in [0, 0.1) is 0 Å². The standard InChI is InChI=1S/C15H21F2NO3/c1-11(2)18(8-3-9-19)14(20)10-12-4-6-13(7-5-12)21-15(16)17/h4-7,11,15,19H,3,8-10H2,1-2H3. The Morgan fingerprint density at radius 1 is 1.29 bits per heavy atom. The predicted octanol–water partition coefficient (Wildman–Crippen LogP) is 2.45.